The third kappa shape index (κ3) is 2.45. The van der Waals surface area contributed by atoms with Gasteiger partial charge in [-0.1, -0.05) is 30.3 Å². The summed E-state index contributed by atoms with van der Waals surface area (Å²) in [5, 5.41) is 0. The Morgan fingerprint density at radius 1 is 1.10 bits per heavy atom. The summed E-state index contributed by atoms with van der Waals surface area (Å²) in [6, 6.07) is 12.4. The number of likely N-dealkylation sites (N-methyl/N-ethyl adjacent to an activating group) is 1. The van der Waals surface area contributed by atoms with Gasteiger partial charge in [-0.3, -0.25) is 4.90 Å². The van der Waals surface area contributed by atoms with Crippen molar-refractivity contribution in [3.05, 3.63) is 70.8 Å². The zero-order valence-electron chi connectivity index (χ0n) is 11.9. The Balaban J connectivity index is 2.09. The molecule has 0 aromatic heterocycles. The van der Waals surface area contributed by atoms with Crippen LogP contribution in [0.5, 0.6) is 0 Å². The molecule has 2 N–H and O–H groups in total. The van der Waals surface area contributed by atoms with Crippen LogP contribution in [0.3, 0.4) is 0 Å². The van der Waals surface area contributed by atoms with Gasteiger partial charge in [-0.25, -0.2) is 8.78 Å². The summed E-state index contributed by atoms with van der Waals surface area (Å²) in [6.45, 7) is 1.28. The second kappa shape index (κ2) is 5.54. The van der Waals surface area contributed by atoms with Crippen molar-refractivity contribution in [1.29, 1.82) is 0 Å². The molecule has 1 aliphatic rings. The molecule has 0 radical (unpaired) electrons. The molecule has 2 atom stereocenters. The molecule has 2 unspecified atom stereocenters. The average molecular weight is 288 g/mol. The Morgan fingerprint density at radius 2 is 1.81 bits per heavy atom. The number of rotatable bonds is 2. The van der Waals surface area contributed by atoms with E-state index >= 15 is 0 Å². The lowest BCUT2D eigenvalue weighted by atomic mass is 9.81. The number of hydrogen-bond donors (Lipinski definition) is 1. The van der Waals surface area contributed by atoms with E-state index in [1.807, 2.05) is 19.2 Å². The fourth-order valence-corrected chi connectivity index (χ4v) is 3.20. The van der Waals surface area contributed by atoms with Crippen LogP contribution < -0.4 is 5.73 Å². The first-order valence-electron chi connectivity index (χ1n) is 7.06. The van der Waals surface area contributed by atoms with Gasteiger partial charge in [0.2, 0.25) is 0 Å². The predicted molar refractivity (Wildman–Crippen MR) is 79.1 cm³/mol. The van der Waals surface area contributed by atoms with Crippen LogP contribution >= 0.6 is 0 Å². The molecule has 1 heterocycles. The van der Waals surface area contributed by atoms with Gasteiger partial charge in [-0.05, 0) is 35.9 Å². The SMILES string of the molecule is CN1CC(c2ccc(F)c(F)c2)c2ccccc2C1CN. The van der Waals surface area contributed by atoms with Crippen LogP contribution in [0.1, 0.15) is 28.7 Å². The molecule has 0 amide bonds. The van der Waals surface area contributed by atoms with Crippen molar-refractivity contribution in [1.82, 2.24) is 4.90 Å². The van der Waals surface area contributed by atoms with Crippen molar-refractivity contribution in [3.8, 4) is 0 Å². The summed E-state index contributed by atoms with van der Waals surface area (Å²) >= 11 is 0. The van der Waals surface area contributed by atoms with Crippen LogP contribution in [0.25, 0.3) is 0 Å². The fourth-order valence-electron chi connectivity index (χ4n) is 3.20. The van der Waals surface area contributed by atoms with Crippen molar-refractivity contribution in [2.24, 2.45) is 5.73 Å². The fraction of sp³-hybridized carbons (Fsp3) is 0.294. The van der Waals surface area contributed by atoms with Crippen molar-refractivity contribution >= 4 is 0 Å². The number of hydrogen-bond acceptors (Lipinski definition) is 2. The highest BCUT2D eigenvalue weighted by molar-refractivity contribution is 5.42. The minimum Gasteiger partial charge on any atom is -0.329 e. The molecular weight excluding hydrogens is 270 g/mol. The standard InChI is InChI=1S/C17H18F2N2/c1-21-10-14(11-6-7-15(18)16(19)8-11)12-4-2-3-5-13(12)17(21)9-20/h2-8,14,17H,9-10,20H2,1H3. The minimum absolute atomic E-state index is 0.0316. The highest BCUT2D eigenvalue weighted by Gasteiger charge is 2.31. The van der Waals surface area contributed by atoms with Crippen LogP contribution in [0, 0.1) is 11.6 Å². The molecule has 0 fully saturated rings. The van der Waals surface area contributed by atoms with E-state index in [0.717, 1.165) is 17.7 Å². The summed E-state index contributed by atoms with van der Waals surface area (Å²) in [5.74, 6) is -1.58. The predicted octanol–water partition coefficient (Wildman–Crippen LogP) is 3.04. The van der Waals surface area contributed by atoms with Crippen LogP contribution in [-0.4, -0.2) is 25.0 Å². The number of halogens is 2. The smallest absolute Gasteiger partial charge is 0.159 e. The van der Waals surface area contributed by atoms with Gasteiger partial charge in [0.25, 0.3) is 0 Å². The molecule has 0 spiro atoms. The van der Waals surface area contributed by atoms with Crippen molar-refractivity contribution in [3.63, 3.8) is 0 Å². The Hall–Kier alpha value is -1.78. The van der Waals surface area contributed by atoms with Crippen LogP contribution in [0.4, 0.5) is 8.78 Å². The lowest BCUT2D eigenvalue weighted by Crippen LogP contribution is -2.39. The molecule has 0 bridgehead atoms. The molecule has 0 saturated heterocycles. The molecule has 0 aliphatic carbocycles. The maximum atomic E-state index is 13.5. The summed E-state index contributed by atoms with van der Waals surface area (Å²) < 4.78 is 26.7. The van der Waals surface area contributed by atoms with Gasteiger partial charge in [0.05, 0.1) is 0 Å². The maximum absolute atomic E-state index is 13.5. The highest BCUT2D eigenvalue weighted by Crippen LogP contribution is 2.38. The lowest BCUT2D eigenvalue weighted by Gasteiger charge is -2.39. The van der Waals surface area contributed by atoms with Gasteiger partial charge >= 0.3 is 0 Å². The van der Waals surface area contributed by atoms with E-state index in [-0.39, 0.29) is 12.0 Å². The molecule has 2 aromatic carbocycles. The Morgan fingerprint density at radius 3 is 2.48 bits per heavy atom. The van der Waals surface area contributed by atoms with Gasteiger partial charge < -0.3 is 5.73 Å². The van der Waals surface area contributed by atoms with Gasteiger partial charge in [0.1, 0.15) is 0 Å². The third-order valence-corrected chi connectivity index (χ3v) is 4.30. The number of benzene rings is 2. The molecular formula is C17H18F2N2. The zero-order valence-corrected chi connectivity index (χ0v) is 11.9. The van der Waals surface area contributed by atoms with E-state index in [4.69, 9.17) is 5.73 Å². The van der Waals surface area contributed by atoms with Crippen LogP contribution in [0.15, 0.2) is 42.5 Å². The first-order valence-corrected chi connectivity index (χ1v) is 7.06. The summed E-state index contributed by atoms with van der Waals surface area (Å²) in [7, 11) is 2.01. The van der Waals surface area contributed by atoms with Gasteiger partial charge in [-0.2, -0.15) is 0 Å². The highest BCUT2D eigenvalue weighted by atomic mass is 19.2. The average Bonchev–Trinajstić information content (AvgIpc) is 2.49. The minimum atomic E-state index is -0.809. The second-order valence-electron chi connectivity index (χ2n) is 5.55. The first kappa shape index (κ1) is 14.2. The van der Waals surface area contributed by atoms with Crippen LogP contribution in [0.2, 0.25) is 0 Å². The first-order chi connectivity index (χ1) is 10.1. The largest absolute Gasteiger partial charge is 0.329 e. The van der Waals surface area contributed by atoms with Gasteiger partial charge in [0, 0.05) is 25.0 Å². The van der Waals surface area contributed by atoms with Crippen molar-refractivity contribution < 1.29 is 8.78 Å². The summed E-state index contributed by atoms with van der Waals surface area (Å²) in [5.41, 5.74) is 9.00. The molecule has 0 saturated carbocycles. The summed E-state index contributed by atoms with van der Waals surface area (Å²) in [6.07, 6.45) is 0. The molecule has 3 rings (SSSR count). The molecule has 2 nitrogen and oxygen atoms in total. The molecule has 4 heteroatoms. The quantitative estimate of drug-likeness (QED) is 0.920. The van der Waals surface area contributed by atoms with Crippen molar-refractivity contribution in [2.45, 2.75) is 12.0 Å². The summed E-state index contributed by atoms with van der Waals surface area (Å²) in [4.78, 5) is 2.17. The normalized spacial score (nSPS) is 22.1. The Labute approximate surface area is 123 Å². The molecule has 21 heavy (non-hydrogen) atoms. The number of fused-ring (bicyclic) bond motifs is 1. The Kier molecular flexibility index (Phi) is 3.74. The lowest BCUT2D eigenvalue weighted by molar-refractivity contribution is 0.223. The topological polar surface area (TPSA) is 29.3 Å². The van der Waals surface area contributed by atoms with Gasteiger partial charge in [-0.15, -0.1) is 0 Å². The maximum Gasteiger partial charge on any atom is 0.159 e. The zero-order chi connectivity index (χ0) is 15.0. The molecule has 2 aromatic rings. The molecule has 110 valence electrons. The Bertz CT molecular complexity index is 657. The van der Waals surface area contributed by atoms with Crippen molar-refractivity contribution in [2.75, 3.05) is 20.1 Å². The second-order valence-corrected chi connectivity index (χ2v) is 5.55. The number of nitrogens with two attached hydrogens (primary N) is 1. The molecule has 1 aliphatic heterocycles. The van der Waals surface area contributed by atoms with Gasteiger partial charge in [0.15, 0.2) is 11.6 Å². The van der Waals surface area contributed by atoms with Crippen LogP contribution in [-0.2, 0) is 0 Å². The van der Waals surface area contributed by atoms with E-state index in [0.29, 0.717) is 6.54 Å². The number of nitrogens with zero attached hydrogens (tertiary/aromatic N) is 1. The van der Waals surface area contributed by atoms with E-state index in [1.54, 1.807) is 6.07 Å². The van der Waals surface area contributed by atoms with E-state index in [2.05, 4.69) is 17.0 Å². The third-order valence-electron chi connectivity index (χ3n) is 4.30. The monoisotopic (exact) mass is 288 g/mol. The van der Waals surface area contributed by atoms with E-state index in [9.17, 15) is 8.78 Å². The van der Waals surface area contributed by atoms with E-state index < -0.39 is 11.6 Å². The van der Waals surface area contributed by atoms with E-state index in [1.165, 1.54) is 17.7 Å².